The summed E-state index contributed by atoms with van der Waals surface area (Å²) in [4.78, 5) is 37.3. The van der Waals surface area contributed by atoms with E-state index in [2.05, 4.69) is 29.6 Å². The molecule has 0 aliphatic heterocycles. The van der Waals surface area contributed by atoms with Crippen LogP contribution in [0.1, 0.15) is 49.7 Å². The first kappa shape index (κ1) is 23.3. The summed E-state index contributed by atoms with van der Waals surface area (Å²) in [5.74, 6) is -1.10. The molecule has 1 aliphatic rings. The number of benzene rings is 2. The topological polar surface area (TPSA) is 95.9 Å². The minimum Gasteiger partial charge on any atom is -0.481 e. The third kappa shape index (κ3) is 5.46. The number of rotatable bonds is 10. The summed E-state index contributed by atoms with van der Waals surface area (Å²) in [6.45, 7) is 2.45. The Bertz CT molecular complexity index is 929. The van der Waals surface area contributed by atoms with Gasteiger partial charge in [0.15, 0.2) is 0 Å². The second-order valence-corrected chi connectivity index (χ2v) is 8.04. The summed E-state index contributed by atoms with van der Waals surface area (Å²) >= 11 is 0. The van der Waals surface area contributed by atoms with E-state index in [0.717, 1.165) is 22.3 Å². The van der Waals surface area contributed by atoms with E-state index in [1.54, 1.807) is 7.05 Å². The summed E-state index contributed by atoms with van der Waals surface area (Å²) in [6.07, 6.45) is 0.991. The zero-order valence-electron chi connectivity index (χ0n) is 18.5. The molecular formula is C25H30N2O5. The number of carbonyl (C=O) groups is 3. The molecule has 0 unspecified atom stereocenters. The fourth-order valence-electron chi connectivity index (χ4n) is 4.12. The van der Waals surface area contributed by atoms with Gasteiger partial charge in [-0.2, -0.15) is 0 Å². The highest BCUT2D eigenvalue weighted by atomic mass is 16.5. The number of nitrogens with one attached hydrogen (secondary N) is 1. The Kier molecular flexibility index (Phi) is 7.87. The standard InChI is InChI=1S/C25H30N2O5/c1-3-22(24(30)27(2)15-9-8-14-23(28)29)26-25(31)32-16-21-19-12-6-4-10-17(19)18-11-5-7-13-20(18)21/h4-7,10-13,21-22H,3,8-9,14-16H2,1-2H3,(H,26,31)(H,28,29)/t22-/m1/s1. The quantitative estimate of drug-likeness (QED) is 0.546. The summed E-state index contributed by atoms with van der Waals surface area (Å²) in [5, 5.41) is 11.4. The number of carboxylic acid groups (broad SMARTS) is 1. The molecule has 7 nitrogen and oxygen atoms in total. The third-order valence-electron chi connectivity index (χ3n) is 5.85. The average molecular weight is 439 g/mol. The molecule has 0 spiro atoms. The summed E-state index contributed by atoms with van der Waals surface area (Å²) in [5.41, 5.74) is 4.57. The van der Waals surface area contributed by atoms with Crippen molar-refractivity contribution in [1.29, 1.82) is 0 Å². The Morgan fingerprint density at radius 3 is 2.19 bits per heavy atom. The Labute approximate surface area is 188 Å². The second-order valence-electron chi connectivity index (χ2n) is 8.04. The van der Waals surface area contributed by atoms with Crippen LogP contribution in [-0.4, -0.2) is 54.2 Å². The number of hydrogen-bond donors (Lipinski definition) is 2. The van der Waals surface area contributed by atoms with Crippen molar-refractivity contribution in [3.05, 3.63) is 59.7 Å². The molecule has 7 heteroatoms. The number of unbranched alkanes of at least 4 members (excludes halogenated alkanes) is 1. The number of likely N-dealkylation sites (N-methyl/N-ethyl adjacent to an activating group) is 1. The van der Waals surface area contributed by atoms with Gasteiger partial charge >= 0.3 is 12.1 Å². The largest absolute Gasteiger partial charge is 0.481 e. The summed E-state index contributed by atoms with van der Waals surface area (Å²) in [6, 6.07) is 15.5. The maximum absolute atomic E-state index is 12.7. The summed E-state index contributed by atoms with van der Waals surface area (Å²) < 4.78 is 5.54. The normalized spacial score (nSPS) is 13.1. The van der Waals surface area contributed by atoms with Gasteiger partial charge in [-0.1, -0.05) is 55.5 Å². The average Bonchev–Trinajstić information content (AvgIpc) is 3.12. The molecule has 0 radical (unpaired) electrons. The lowest BCUT2D eigenvalue weighted by Gasteiger charge is -2.24. The fraction of sp³-hybridized carbons (Fsp3) is 0.400. The van der Waals surface area contributed by atoms with Gasteiger partial charge in [-0.15, -0.1) is 0 Å². The minimum absolute atomic E-state index is 0.0409. The lowest BCUT2D eigenvalue weighted by Crippen LogP contribution is -2.47. The van der Waals surface area contributed by atoms with Gasteiger partial charge in [-0.25, -0.2) is 4.79 Å². The van der Waals surface area contributed by atoms with E-state index in [4.69, 9.17) is 9.84 Å². The molecular weight excluding hydrogens is 408 g/mol. The SMILES string of the molecule is CC[C@@H](NC(=O)OCC1c2ccccc2-c2ccccc21)C(=O)N(C)CCCCC(=O)O. The van der Waals surface area contributed by atoms with Crippen LogP contribution in [0.4, 0.5) is 4.79 Å². The molecule has 1 aliphatic carbocycles. The third-order valence-corrected chi connectivity index (χ3v) is 5.85. The molecule has 3 rings (SSSR count). The van der Waals surface area contributed by atoms with Crippen molar-refractivity contribution in [2.75, 3.05) is 20.2 Å². The molecule has 2 aromatic carbocycles. The lowest BCUT2D eigenvalue weighted by atomic mass is 9.98. The number of carboxylic acids is 1. The number of alkyl carbamates (subject to hydrolysis) is 1. The maximum Gasteiger partial charge on any atom is 0.407 e. The van der Waals surface area contributed by atoms with Crippen molar-refractivity contribution in [3.63, 3.8) is 0 Å². The Hall–Kier alpha value is -3.35. The monoisotopic (exact) mass is 438 g/mol. The highest BCUT2D eigenvalue weighted by molar-refractivity contribution is 5.85. The van der Waals surface area contributed by atoms with Gasteiger partial charge in [0.25, 0.3) is 0 Å². The molecule has 0 heterocycles. The van der Waals surface area contributed by atoms with E-state index in [1.807, 2.05) is 31.2 Å². The Morgan fingerprint density at radius 1 is 1.03 bits per heavy atom. The van der Waals surface area contributed by atoms with Crippen LogP contribution in [0.25, 0.3) is 11.1 Å². The number of aliphatic carboxylic acids is 1. The zero-order valence-corrected chi connectivity index (χ0v) is 18.5. The second kappa shape index (κ2) is 10.8. The van der Waals surface area contributed by atoms with Crippen LogP contribution in [0.3, 0.4) is 0 Å². The molecule has 0 fully saturated rings. The van der Waals surface area contributed by atoms with E-state index in [0.29, 0.717) is 25.8 Å². The molecule has 2 N–H and O–H groups in total. The van der Waals surface area contributed by atoms with E-state index >= 15 is 0 Å². The van der Waals surface area contributed by atoms with Crippen LogP contribution in [0.2, 0.25) is 0 Å². The van der Waals surface area contributed by atoms with Crippen LogP contribution in [0.5, 0.6) is 0 Å². The van der Waals surface area contributed by atoms with Crippen molar-refractivity contribution in [1.82, 2.24) is 10.2 Å². The van der Waals surface area contributed by atoms with Crippen molar-refractivity contribution in [2.24, 2.45) is 0 Å². The molecule has 0 saturated carbocycles. The number of carbonyl (C=O) groups excluding carboxylic acids is 2. The van der Waals surface area contributed by atoms with E-state index in [1.165, 1.54) is 4.90 Å². The first-order chi connectivity index (χ1) is 15.4. The van der Waals surface area contributed by atoms with Crippen LogP contribution < -0.4 is 5.32 Å². The van der Waals surface area contributed by atoms with E-state index in [-0.39, 0.29) is 24.9 Å². The smallest absolute Gasteiger partial charge is 0.407 e. The van der Waals surface area contributed by atoms with Crippen LogP contribution in [0.15, 0.2) is 48.5 Å². The van der Waals surface area contributed by atoms with Gasteiger partial charge < -0.3 is 20.1 Å². The van der Waals surface area contributed by atoms with Gasteiger partial charge in [-0.3, -0.25) is 9.59 Å². The van der Waals surface area contributed by atoms with Gasteiger partial charge in [-0.05, 0) is 41.5 Å². The van der Waals surface area contributed by atoms with Crippen LogP contribution in [0, 0.1) is 0 Å². The molecule has 2 amide bonds. The van der Waals surface area contributed by atoms with Gasteiger partial charge in [0.05, 0.1) is 0 Å². The highest BCUT2D eigenvalue weighted by Gasteiger charge is 2.30. The van der Waals surface area contributed by atoms with E-state index in [9.17, 15) is 14.4 Å². The number of ether oxygens (including phenoxy) is 1. The van der Waals surface area contributed by atoms with Crippen LogP contribution >= 0.6 is 0 Å². The lowest BCUT2D eigenvalue weighted by molar-refractivity contribution is -0.137. The van der Waals surface area contributed by atoms with Gasteiger partial charge in [0, 0.05) is 25.9 Å². The Balaban J connectivity index is 1.54. The predicted molar refractivity (Wildman–Crippen MR) is 121 cm³/mol. The van der Waals surface area contributed by atoms with Crippen LogP contribution in [-0.2, 0) is 14.3 Å². The molecule has 0 bridgehead atoms. The van der Waals surface area contributed by atoms with Gasteiger partial charge in [0.1, 0.15) is 12.6 Å². The molecule has 0 saturated heterocycles. The number of nitrogens with zero attached hydrogens (tertiary/aromatic N) is 1. The Morgan fingerprint density at radius 2 is 1.62 bits per heavy atom. The van der Waals surface area contributed by atoms with E-state index < -0.39 is 18.1 Å². The molecule has 2 aromatic rings. The summed E-state index contributed by atoms with van der Waals surface area (Å²) in [7, 11) is 1.66. The zero-order chi connectivity index (χ0) is 23.1. The first-order valence-electron chi connectivity index (χ1n) is 11.0. The minimum atomic E-state index is -0.845. The maximum atomic E-state index is 12.7. The van der Waals surface area contributed by atoms with Gasteiger partial charge in [0.2, 0.25) is 5.91 Å². The molecule has 1 atom stereocenters. The molecule has 170 valence electrons. The van der Waals surface area contributed by atoms with Crippen molar-refractivity contribution >= 4 is 18.0 Å². The number of hydrogen-bond acceptors (Lipinski definition) is 4. The number of amides is 2. The fourth-order valence-corrected chi connectivity index (χ4v) is 4.12. The van der Waals surface area contributed by atoms with Crippen molar-refractivity contribution in [2.45, 2.75) is 44.6 Å². The number of fused-ring (bicyclic) bond motifs is 3. The predicted octanol–water partition coefficient (Wildman–Crippen LogP) is 4.02. The van der Waals surface area contributed by atoms with Crippen molar-refractivity contribution in [3.8, 4) is 11.1 Å². The van der Waals surface area contributed by atoms with Crippen molar-refractivity contribution < 1.29 is 24.2 Å². The highest BCUT2D eigenvalue weighted by Crippen LogP contribution is 2.44. The molecule has 0 aromatic heterocycles. The first-order valence-corrected chi connectivity index (χ1v) is 11.0. The molecule has 32 heavy (non-hydrogen) atoms.